The van der Waals surface area contributed by atoms with E-state index in [2.05, 4.69) is 25.9 Å². The van der Waals surface area contributed by atoms with Crippen LogP contribution in [0.15, 0.2) is 60.8 Å². The van der Waals surface area contributed by atoms with E-state index in [0.29, 0.717) is 54.3 Å². The maximum absolute atomic E-state index is 14.0. The number of carbonyl (C=O) groups is 3. The van der Waals surface area contributed by atoms with Crippen molar-refractivity contribution in [3.8, 4) is 11.3 Å². The van der Waals surface area contributed by atoms with E-state index >= 15 is 0 Å². The molecule has 3 atom stereocenters. The van der Waals surface area contributed by atoms with Gasteiger partial charge in [-0.3, -0.25) is 19.5 Å². The van der Waals surface area contributed by atoms with Gasteiger partial charge < -0.3 is 15.5 Å². The van der Waals surface area contributed by atoms with Crippen LogP contribution in [0.1, 0.15) is 66.7 Å². The summed E-state index contributed by atoms with van der Waals surface area (Å²) in [6, 6.07) is 14.5. The summed E-state index contributed by atoms with van der Waals surface area (Å²) in [4.78, 5) is 47.2. The number of benzene rings is 2. The summed E-state index contributed by atoms with van der Waals surface area (Å²) >= 11 is 0. The van der Waals surface area contributed by atoms with Gasteiger partial charge in [0, 0.05) is 25.1 Å². The second-order valence-electron chi connectivity index (χ2n) is 11.5. The molecule has 236 valence electrons. The molecule has 3 amide bonds. The number of hydrogen-bond donors (Lipinski definition) is 3. The Bertz CT molecular complexity index is 1640. The Morgan fingerprint density at radius 3 is 2.62 bits per heavy atom. The first-order chi connectivity index (χ1) is 21.7. The first-order valence-corrected chi connectivity index (χ1v) is 15.4. The second kappa shape index (κ2) is 14.3. The monoisotopic (exact) mass is 614 g/mol. The fourth-order valence-electron chi connectivity index (χ4n) is 5.60. The highest BCUT2D eigenvalue weighted by molar-refractivity contribution is 5.99. The molecule has 0 aliphatic carbocycles. The van der Waals surface area contributed by atoms with E-state index in [-0.39, 0.29) is 43.1 Å². The van der Waals surface area contributed by atoms with Crippen molar-refractivity contribution in [1.29, 1.82) is 0 Å². The summed E-state index contributed by atoms with van der Waals surface area (Å²) in [6.45, 7) is 6.54. The van der Waals surface area contributed by atoms with Crippen LogP contribution in [0.2, 0.25) is 0 Å². The lowest BCUT2D eigenvalue weighted by Crippen LogP contribution is -2.51. The predicted octanol–water partition coefficient (Wildman–Crippen LogP) is 3.98. The van der Waals surface area contributed by atoms with Gasteiger partial charge in [-0.2, -0.15) is 10.2 Å². The van der Waals surface area contributed by atoms with E-state index in [4.69, 9.17) is 4.98 Å². The Balaban J connectivity index is 1.49. The van der Waals surface area contributed by atoms with Crippen molar-refractivity contribution in [2.45, 2.75) is 65.1 Å². The third-order valence-electron chi connectivity index (χ3n) is 8.21. The summed E-state index contributed by atoms with van der Waals surface area (Å²) < 4.78 is 15.8. The highest BCUT2D eigenvalue weighted by Crippen LogP contribution is 2.24. The molecule has 5 rings (SSSR count). The molecule has 0 unspecified atom stereocenters. The zero-order valence-electron chi connectivity index (χ0n) is 25.8. The number of nitrogens with one attached hydrogen (secondary N) is 3. The van der Waals surface area contributed by atoms with Gasteiger partial charge >= 0.3 is 0 Å². The zero-order chi connectivity index (χ0) is 31.9. The van der Waals surface area contributed by atoms with Crippen LogP contribution in [0.5, 0.6) is 0 Å². The Hall–Kier alpha value is -4.87. The molecule has 4 aromatic rings. The molecule has 0 radical (unpaired) electrons. The van der Waals surface area contributed by atoms with Crippen LogP contribution in [0.4, 0.5) is 4.39 Å². The summed E-state index contributed by atoms with van der Waals surface area (Å²) in [7, 11) is 0. The average molecular weight is 615 g/mol. The van der Waals surface area contributed by atoms with Crippen molar-refractivity contribution in [3.63, 3.8) is 0 Å². The number of aryl methyl sites for hydroxylation is 1. The number of amides is 3. The molecule has 0 fully saturated rings. The molecule has 0 saturated heterocycles. The summed E-state index contributed by atoms with van der Waals surface area (Å²) in [5.41, 5.74) is 2.21. The normalized spacial score (nSPS) is 18.8. The summed E-state index contributed by atoms with van der Waals surface area (Å²) in [6.07, 6.45) is 3.10. The first-order valence-electron chi connectivity index (χ1n) is 15.4. The van der Waals surface area contributed by atoms with Gasteiger partial charge in [0.25, 0.3) is 5.91 Å². The smallest absolute Gasteiger partial charge is 0.257 e. The maximum Gasteiger partial charge on any atom is 0.257 e. The van der Waals surface area contributed by atoms with Crippen LogP contribution < -0.4 is 10.6 Å². The first kappa shape index (κ1) is 31.6. The van der Waals surface area contributed by atoms with Crippen molar-refractivity contribution < 1.29 is 18.8 Å². The minimum absolute atomic E-state index is 0.112. The van der Waals surface area contributed by atoms with E-state index in [1.807, 2.05) is 44.2 Å². The molecule has 0 saturated carbocycles. The number of hydrogen-bond acceptors (Lipinski definition) is 6. The lowest BCUT2D eigenvalue weighted by atomic mass is 9.97. The predicted molar refractivity (Wildman–Crippen MR) is 166 cm³/mol. The highest BCUT2D eigenvalue weighted by atomic mass is 19.1. The number of H-pyrrole nitrogens is 1. The van der Waals surface area contributed by atoms with Gasteiger partial charge in [-0.15, -0.1) is 0 Å². The number of nitrogens with zero attached hydrogens (tertiary/aromatic N) is 5. The Morgan fingerprint density at radius 2 is 1.87 bits per heavy atom. The van der Waals surface area contributed by atoms with Crippen LogP contribution in [0.25, 0.3) is 11.3 Å². The molecule has 1 aliphatic heterocycles. The van der Waals surface area contributed by atoms with E-state index in [1.54, 1.807) is 28.6 Å². The average Bonchev–Trinajstić information content (AvgIpc) is 3.67. The molecule has 1 aliphatic rings. The molecule has 2 aromatic heterocycles. The van der Waals surface area contributed by atoms with Crippen molar-refractivity contribution in [2.24, 2.45) is 5.92 Å². The molecule has 0 spiro atoms. The minimum Gasteiger partial charge on any atom is -0.344 e. The maximum atomic E-state index is 14.0. The molecule has 12 heteroatoms. The number of aromatic nitrogens is 5. The Labute approximate surface area is 261 Å². The largest absolute Gasteiger partial charge is 0.344 e. The van der Waals surface area contributed by atoms with E-state index in [1.165, 1.54) is 18.3 Å². The SMILES string of the molecule is CC[C@H](C)[C@@H]1NC(=O)CCCN(C(=O)c2cn[nH]c2-c2cccc(F)c2)CCn2nc(C)nc2[C@H](Cc2ccccc2)NC1=O. The van der Waals surface area contributed by atoms with Gasteiger partial charge in [0.1, 0.15) is 23.5 Å². The fourth-order valence-corrected chi connectivity index (χ4v) is 5.60. The zero-order valence-corrected chi connectivity index (χ0v) is 25.8. The van der Waals surface area contributed by atoms with Crippen molar-refractivity contribution in [3.05, 3.63) is 89.4 Å². The standard InChI is InChI=1S/C33H39FN8O3/c1-4-21(2)29-32(44)37-27(18-23-10-6-5-7-11-23)31-36-22(3)40-42(31)17-16-41(15-9-14-28(43)38-29)33(45)26-20-35-39-30(26)24-12-8-13-25(34)19-24/h5-8,10-13,19-21,27,29H,4,9,14-18H2,1-3H3,(H,35,39)(H,37,44)(H,38,43)/t21-,27-,29-/m0/s1. The number of rotatable bonds is 6. The van der Waals surface area contributed by atoms with Crippen molar-refractivity contribution >= 4 is 17.7 Å². The molecular formula is C33H39FN8O3. The third kappa shape index (κ3) is 7.62. The Morgan fingerprint density at radius 1 is 1.07 bits per heavy atom. The number of carbonyl (C=O) groups excluding carboxylic acids is 3. The van der Waals surface area contributed by atoms with Gasteiger partial charge in [-0.1, -0.05) is 62.7 Å². The van der Waals surface area contributed by atoms with Crippen LogP contribution in [0, 0.1) is 18.7 Å². The van der Waals surface area contributed by atoms with E-state index in [9.17, 15) is 18.8 Å². The van der Waals surface area contributed by atoms with Crippen LogP contribution >= 0.6 is 0 Å². The van der Waals surface area contributed by atoms with Gasteiger partial charge in [0.15, 0.2) is 0 Å². The topological polar surface area (TPSA) is 138 Å². The lowest BCUT2D eigenvalue weighted by molar-refractivity contribution is -0.130. The minimum atomic E-state index is -0.737. The molecular weight excluding hydrogens is 575 g/mol. The van der Waals surface area contributed by atoms with Gasteiger partial charge in [0.05, 0.1) is 30.0 Å². The number of aromatic amines is 1. The molecule has 2 aromatic carbocycles. The van der Waals surface area contributed by atoms with Gasteiger partial charge in [0.2, 0.25) is 11.8 Å². The molecule has 45 heavy (non-hydrogen) atoms. The van der Waals surface area contributed by atoms with Gasteiger partial charge in [-0.05, 0) is 43.4 Å². The molecule has 0 bridgehead atoms. The molecule has 3 heterocycles. The quantitative estimate of drug-likeness (QED) is 0.301. The molecule has 3 N–H and O–H groups in total. The van der Waals surface area contributed by atoms with Crippen LogP contribution in [-0.2, 0) is 22.6 Å². The van der Waals surface area contributed by atoms with Crippen molar-refractivity contribution in [1.82, 2.24) is 40.5 Å². The highest BCUT2D eigenvalue weighted by Gasteiger charge is 2.31. The third-order valence-corrected chi connectivity index (χ3v) is 8.21. The van der Waals surface area contributed by atoms with Crippen LogP contribution in [-0.4, -0.2) is 66.7 Å². The Kier molecular flexibility index (Phi) is 10.0. The summed E-state index contributed by atoms with van der Waals surface area (Å²) in [5, 5.41) is 17.7. The van der Waals surface area contributed by atoms with Crippen LogP contribution in [0.3, 0.4) is 0 Å². The number of halogens is 1. The number of fused-ring (bicyclic) bond motifs is 1. The van der Waals surface area contributed by atoms with Crippen molar-refractivity contribution in [2.75, 3.05) is 13.1 Å². The second-order valence-corrected chi connectivity index (χ2v) is 11.5. The van der Waals surface area contributed by atoms with Gasteiger partial charge in [-0.25, -0.2) is 14.1 Å². The van der Waals surface area contributed by atoms with E-state index < -0.39 is 17.9 Å². The fraction of sp³-hybridized carbons (Fsp3) is 0.394. The van der Waals surface area contributed by atoms with E-state index in [0.717, 1.165) is 5.56 Å². The molecule has 11 nitrogen and oxygen atoms in total. The summed E-state index contributed by atoms with van der Waals surface area (Å²) in [5.74, 6) is -0.278. The lowest BCUT2D eigenvalue weighted by Gasteiger charge is -2.28.